The molecule has 0 radical (unpaired) electrons. The summed E-state index contributed by atoms with van der Waals surface area (Å²) in [6.07, 6.45) is 2.58. The number of nitrogens with zero attached hydrogens (tertiary/aromatic N) is 2. The third-order valence-electron chi connectivity index (χ3n) is 3.75. The van der Waals surface area contributed by atoms with E-state index in [9.17, 15) is 5.11 Å². The Bertz CT molecular complexity index is 802. The van der Waals surface area contributed by atoms with Crippen LogP contribution in [0.1, 0.15) is 12.5 Å². The van der Waals surface area contributed by atoms with Crippen LogP contribution in [-0.4, -0.2) is 28.2 Å². The highest BCUT2D eigenvalue weighted by Gasteiger charge is 2.03. The summed E-state index contributed by atoms with van der Waals surface area (Å²) in [6, 6.07) is 17.0. The number of rotatable bonds is 7. The van der Waals surface area contributed by atoms with Gasteiger partial charge in [0.25, 0.3) is 0 Å². The minimum absolute atomic E-state index is 0.281. The number of aromatic hydroxyl groups is 1. The molecule has 1 heterocycles. The molecule has 5 nitrogen and oxygen atoms in total. The van der Waals surface area contributed by atoms with Crippen molar-refractivity contribution in [2.75, 3.05) is 18.5 Å². The Labute approximate surface area is 147 Å². The standard InChI is InChI=1S/C20H21N3O2/c1-2-25-18-9-5-16(6-10-18)19-12-14-22-20(23-19)21-13-11-15-3-7-17(24)8-4-15/h3-10,12,14,24H,2,11,13H2,1H3,(H,21,22,23). The zero-order valence-electron chi connectivity index (χ0n) is 14.1. The lowest BCUT2D eigenvalue weighted by Gasteiger charge is -2.08. The average Bonchev–Trinajstić information content (AvgIpc) is 2.65. The van der Waals surface area contributed by atoms with Gasteiger partial charge in [0.1, 0.15) is 11.5 Å². The largest absolute Gasteiger partial charge is 0.508 e. The van der Waals surface area contributed by atoms with Crippen molar-refractivity contribution >= 4 is 5.95 Å². The number of phenolic OH excluding ortho intramolecular Hbond substituents is 1. The van der Waals surface area contributed by atoms with Gasteiger partial charge in [0, 0.05) is 18.3 Å². The topological polar surface area (TPSA) is 67.3 Å². The first kappa shape index (κ1) is 16.8. The fraction of sp³-hybridized carbons (Fsp3) is 0.200. The number of ether oxygens (including phenoxy) is 1. The molecule has 0 bridgehead atoms. The van der Waals surface area contributed by atoms with Gasteiger partial charge >= 0.3 is 0 Å². The summed E-state index contributed by atoms with van der Waals surface area (Å²) in [4.78, 5) is 8.83. The van der Waals surface area contributed by atoms with E-state index in [1.807, 2.05) is 49.4 Å². The molecule has 0 aliphatic rings. The summed E-state index contributed by atoms with van der Waals surface area (Å²) in [7, 11) is 0. The number of nitrogens with one attached hydrogen (secondary N) is 1. The number of hydrogen-bond acceptors (Lipinski definition) is 5. The molecule has 5 heteroatoms. The van der Waals surface area contributed by atoms with E-state index in [2.05, 4.69) is 15.3 Å². The smallest absolute Gasteiger partial charge is 0.223 e. The molecular weight excluding hydrogens is 314 g/mol. The molecule has 0 unspecified atom stereocenters. The molecule has 0 aliphatic carbocycles. The van der Waals surface area contributed by atoms with Gasteiger partial charge < -0.3 is 15.2 Å². The Balaban J connectivity index is 1.61. The van der Waals surface area contributed by atoms with Crippen LogP contribution in [0.15, 0.2) is 60.8 Å². The number of anilines is 1. The summed E-state index contributed by atoms with van der Waals surface area (Å²) in [5, 5.41) is 12.5. The number of aromatic nitrogens is 2. The van der Waals surface area contributed by atoms with E-state index in [1.165, 1.54) is 0 Å². The third kappa shape index (κ3) is 4.70. The van der Waals surface area contributed by atoms with Crippen LogP contribution in [0.2, 0.25) is 0 Å². The maximum Gasteiger partial charge on any atom is 0.223 e. The van der Waals surface area contributed by atoms with Crippen molar-refractivity contribution in [2.45, 2.75) is 13.3 Å². The van der Waals surface area contributed by atoms with Crippen LogP contribution in [-0.2, 0) is 6.42 Å². The molecule has 2 N–H and O–H groups in total. The molecule has 25 heavy (non-hydrogen) atoms. The second-order valence-electron chi connectivity index (χ2n) is 5.57. The predicted molar refractivity (Wildman–Crippen MR) is 98.9 cm³/mol. The molecule has 0 spiro atoms. The van der Waals surface area contributed by atoms with Gasteiger partial charge in [-0.3, -0.25) is 0 Å². The minimum atomic E-state index is 0.281. The first-order valence-corrected chi connectivity index (χ1v) is 8.32. The molecule has 128 valence electrons. The van der Waals surface area contributed by atoms with Crippen LogP contribution in [0.4, 0.5) is 5.95 Å². The maximum atomic E-state index is 9.30. The molecule has 0 aliphatic heterocycles. The number of phenols is 1. The van der Waals surface area contributed by atoms with Gasteiger partial charge in [0.15, 0.2) is 0 Å². The molecule has 0 fully saturated rings. The van der Waals surface area contributed by atoms with Crippen molar-refractivity contribution in [1.29, 1.82) is 0 Å². The molecular formula is C20H21N3O2. The zero-order chi connectivity index (χ0) is 17.5. The average molecular weight is 335 g/mol. The highest BCUT2D eigenvalue weighted by Crippen LogP contribution is 2.21. The molecule has 0 amide bonds. The van der Waals surface area contributed by atoms with Gasteiger partial charge in [-0.15, -0.1) is 0 Å². The van der Waals surface area contributed by atoms with Crippen LogP contribution in [0.25, 0.3) is 11.3 Å². The van der Waals surface area contributed by atoms with E-state index >= 15 is 0 Å². The van der Waals surface area contributed by atoms with Gasteiger partial charge in [0.05, 0.1) is 12.3 Å². The fourth-order valence-corrected chi connectivity index (χ4v) is 2.47. The summed E-state index contributed by atoms with van der Waals surface area (Å²) >= 11 is 0. The van der Waals surface area contributed by atoms with E-state index in [0.29, 0.717) is 12.6 Å². The van der Waals surface area contributed by atoms with Crippen LogP contribution < -0.4 is 10.1 Å². The minimum Gasteiger partial charge on any atom is -0.508 e. The van der Waals surface area contributed by atoms with Crippen molar-refractivity contribution in [3.8, 4) is 22.8 Å². The Hall–Kier alpha value is -3.08. The Morgan fingerprint density at radius 1 is 1.00 bits per heavy atom. The lowest BCUT2D eigenvalue weighted by atomic mass is 10.1. The van der Waals surface area contributed by atoms with E-state index in [-0.39, 0.29) is 5.75 Å². The van der Waals surface area contributed by atoms with Crippen molar-refractivity contribution in [1.82, 2.24) is 9.97 Å². The van der Waals surface area contributed by atoms with E-state index in [0.717, 1.165) is 35.5 Å². The van der Waals surface area contributed by atoms with Gasteiger partial charge in [-0.25, -0.2) is 9.97 Å². The quantitative estimate of drug-likeness (QED) is 0.685. The monoisotopic (exact) mass is 335 g/mol. The Kier molecular flexibility index (Phi) is 5.46. The molecule has 3 rings (SSSR count). The molecule has 0 saturated heterocycles. The van der Waals surface area contributed by atoms with Crippen molar-refractivity contribution < 1.29 is 9.84 Å². The summed E-state index contributed by atoms with van der Waals surface area (Å²) in [6.45, 7) is 3.34. The van der Waals surface area contributed by atoms with Crippen LogP contribution in [0.3, 0.4) is 0 Å². The Morgan fingerprint density at radius 3 is 2.48 bits per heavy atom. The van der Waals surface area contributed by atoms with Crippen LogP contribution in [0.5, 0.6) is 11.5 Å². The molecule has 0 atom stereocenters. The summed E-state index contributed by atoms with van der Waals surface area (Å²) in [5.41, 5.74) is 3.03. The summed E-state index contributed by atoms with van der Waals surface area (Å²) < 4.78 is 5.46. The predicted octanol–water partition coefficient (Wildman–Crippen LogP) is 3.90. The van der Waals surface area contributed by atoms with E-state index < -0.39 is 0 Å². The lowest BCUT2D eigenvalue weighted by Crippen LogP contribution is -2.08. The maximum absolute atomic E-state index is 9.30. The zero-order valence-corrected chi connectivity index (χ0v) is 14.1. The highest BCUT2D eigenvalue weighted by molar-refractivity contribution is 5.60. The van der Waals surface area contributed by atoms with Crippen molar-refractivity contribution in [2.24, 2.45) is 0 Å². The molecule has 2 aromatic carbocycles. The van der Waals surface area contributed by atoms with Gasteiger partial charge in [0.2, 0.25) is 5.95 Å². The first-order valence-electron chi connectivity index (χ1n) is 8.32. The molecule has 0 saturated carbocycles. The first-order chi connectivity index (χ1) is 12.2. The normalized spacial score (nSPS) is 10.4. The van der Waals surface area contributed by atoms with Crippen LogP contribution in [0, 0.1) is 0 Å². The van der Waals surface area contributed by atoms with E-state index in [4.69, 9.17) is 4.74 Å². The van der Waals surface area contributed by atoms with E-state index in [1.54, 1.807) is 18.3 Å². The fourth-order valence-electron chi connectivity index (χ4n) is 2.47. The van der Waals surface area contributed by atoms with Crippen molar-refractivity contribution in [3.05, 3.63) is 66.4 Å². The van der Waals surface area contributed by atoms with Crippen molar-refractivity contribution in [3.63, 3.8) is 0 Å². The SMILES string of the molecule is CCOc1ccc(-c2ccnc(NCCc3ccc(O)cc3)n2)cc1. The lowest BCUT2D eigenvalue weighted by molar-refractivity contribution is 0.340. The van der Waals surface area contributed by atoms with Crippen LogP contribution >= 0.6 is 0 Å². The van der Waals surface area contributed by atoms with Gasteiger partial charge in [-0.1, -0.05) is 12.1 Å². The second kappa shape index (κ2) is 8.15. The third-order valence-corrected chi connectivity index (χ3v) is 3.75. The molecule has 3 aromatic rings. The second-order valence-corrected chi connectivity index (χ2v) is 5.57. The van der Waals surface area contributed by atoms with Gasteiger partial charge in [-0.2, -0.15) is 0 Å². The Morgan fingerprint density at radius 2 is 1.76 bits per heavy atom. The number of benzene rings is 2. The highest BCUT2D eigenvalue weighted by atomic mass is 16.5. The van der Waals surface area contributed by atoms with Gasteiger partial charge in [-0.05, 0) is 61.4 Å². The number of hydrogen-bond donors (Lipinski definition) is 2. The summed E-state index contributed by atoms with van der Waals surface area (Å²) in [5.74, 6) is 1.74. The molecule has 1 aromatic heterocycles.